The highest BCUT2D eigenvalue weighted by molar-refractivity contribution is 5.89. The summed E-state index contributed by atoms with van der Waals surface area (Å²) in [5.41, 5.74) is 3.69. The van der Waals surface area contributed by atoms with Crippen molar-refractivity contribution in [2.75, 3.05) is 13.7 Å². The molecule has 6 nitrogen and oxygen atoms in total. The molecule has 0 aromatic heterocycles. The van der Waals surface area contributed by atoms with E-state index in [1.165, 1.54) is 0 Å². The highest BCUT2D eigenvalue weighted by Crippen LogP contribution is 2.41. The highest BCUT2D eigenvalue weighted by atomic mass is 16.7. The molecule has 0 unspecified atom stereocenters. The van der Waals surface area contributed by atoms with Crippen LogP contribution in [-0.2, 0) is 47.3 Å². The van der Waals surface area contributed by atoms with Gasteiger partial charge in [-0.25, -0.2) is 0 Å². The minimum Gasteiger partial charge on any atom is -0.365 e. The second-order valence-electron chi connectivity index (χ2n) is 11.2. The van der Waals surface area contributed by atoms with Crippen LogP contribution >= 0.6 is 0 Å². The van der Waals surface area contributed by atoms with E-state index in [9.17, 15) is 4.79 Å². The van der Waals surface area contributed by atoms with Crippen LogP contribution in [0.5, 0.6) is 0 Å². The van der Waals surface area contributed by atoms with Gasteiger partial charge in [0.15, 0.2) is 18.2 Å². The maximum atomic E-state index is 14.3. The van der Waals surface area contributed by atoms with Gasteiger partial charge in [0.2, 0.25) is 0 Å². The van der Waals surface area contributed by atoms with Gasteiger partial charge >= 0.3 is 0 Å². The molecule has 1 fully saturated rings. The number of Topliss-reactive ketones (excluding diaryl/α,β-unsaturated/α-hetero) is 1. The van der Waals surface area contributed by atoms with Gasteiger partial charge in [-0.2, -0.15) is 0 Å². The third kappa shape index (κ3) is 7.02. The summed E-state index contributed by atoms with van der Waals surface area (Å²) in [6, 6.07) is 49.7. The molecule has 234 valence electrons. The van der Waals surface area contributed by atoms with Crippen LogP contribution in [0.2, 0.25) is 0 Å². The van der Waals surface area contributed by atoms with Gasteiger partial charge in [0, 0.05) is 7.11 Å². The van der Waals surface area contributed by atoms with Crippen LogP contribution in [0.1, 0.15) is 27.8 Å². The van der Waals surface area contributed by atoms with Crippen molar-refractivity contribution in [2.45, 2.75) is 43.4 Å². The van der Waals surface area contributed by atoms with Crippen molar-refractivity contribution in [1.82, 2.24) is 0 Å². The van der Waals surface area contributed by atoms with Gasteiger partial charge < -0.3 is 23.7 Å². The smallest absolute Gasteiger partial charge is 0.195 e. The first kappa shape index (κ1) is 31.5. The molecule has 6 rings (SSSR count). The first-order chi connectivity index (χ1) is 22.7. The molecule has 0 amide bonds. The maximum absolute atomic E-state index is 14.3. The molecule has 0 bridgehead atoms. The van der Waals surface area contributed by atoms with Gasteiger partial charge in [0.1, 0.15) is 17.8 Å². The number of ketones is 1. The van der Waals surface area contributed by atoms with E-state index in [-0.39, 0.29) is 25.6 Å². The number of carbonyl (C=O) groups is 1. The number of benzene rings is 5. The van der Waals surface area contributed by atoms with Gasteiger partial charge in [0.05, 0.1) is 19.8 Å². The van der Waals surface area contributed by atoms with E-state index in [0.717, 1.165) is 27.8 Å². The van der Waals surface area contributed by atoms with E-state index in [1.54, 1.807) is 7.11 Å². The topological polar surface area (TPSA) is 63.2 Å². The standard InChI is InChI=1S/C40H38O6/c1-42-39-38(44-28-31-19-9-3-10-20-31)37(43-27-30-17-7-2-8-18-30)36(41)35(46-39)29-45-40(32-21-11-4-12-22-32,33-23-13-5-14-24-33)34-25-15-6-16-26-34/h2-26,35,37-39H,27-29H2,1H3/t35-,37+,38-,39+/m1/s1. The summed E-state index contributed by atoms with van der Waals surface area (Å²) < 4.78 is 31.8. The summed E-state index contributed by atoms with van der Waals surface area (Å²) in [5.74, 6) is -0.259. The Balaban J connectivity index is 1.32. The van der Waals surface area contributed by atoms with E-state index >= 15 is 0 Å². The average Bonchev–Trinajstić information content (AvgIpc) is 3.13. The van der Waals surface area contributed by atoms with E-state index in [0.29, 0.717) is 0 Å². The van der Waals surface area contributed by atoms with Gasteiger partial charge in [-0.3, -0.25) is 4.79 Å². The van der Waals surface area contributed by atoms with Crippen LogP contribution in [0.25, 0.3) is 0 Å². The zero-order valence-corrected chi connectivity index (χ0v) is 25.8. The predicted molar refractivity (Wildman–Crippen MR) is 176 cm³/mol. The zero-order valence-electron chi connectivity index (χ0n) is 25.8. The molecule has 0 saturated carbocycles. The Kier molecular flexibility index (Phi) is 10.4. The Morgan fingerprint density at radius 2 is 1.00 bits per heavy atom. The Morgan fingerprint density at radius 3 is 1.43 bits per heavy atom. The minimum atomic E-state index is -1.02. The van der Waals surface area contributed by atoms with Gasteiger partial charge in [-0.1, -0.05) is 152 Å². The molecule has 0 radical (unpaired) electrons. The van der Waals surface area contributed by atoms with Crippen LogP contribution in [-0.4, -0.2) is 44.1 Å². The number of rotatable bonds is 13. The largest absolute Gasteiger partial charge is 0.365 e. The van der Waals surface area contributed by atoms with Crippen LogP contribution < -0.4 is 0 Å². The third-order valence-corrected chi connectivity index (χ3v) is 8.24. The van der Waals surface area contributed by atoms with E-state index < -0.39 is 30.2 Å². The molecule has 5 aromatic carbocycles. The fraction of sp³-hybridized carbons (Fsp3) is 0.225. The predicted octanol–water partition coefficient (Wildman–Crippen LogP) is 7.11. The Morgan fingerprint density at radius 1 is 0.587 bits per heavy atom. The summed E-state index contributed by atoms with van der Waals surface area (Å²) in [4.78, 5) is 14.3. The quantitative estimate of drug-likeness (QED) is 0.132. The highest BCUT2D eigenvalue weighted by Gasteiger charge is 2.48. The first-order valence-electron chi connectivity index (χ1n) is 15.5. The Labute approximate surface area is 270 Å². The molecule has 1 saturated heterocycles. The fourth-order valence-electron chi connectivity index (χ4n) is 5.94. The first-order valence-corrected chi connectivity index (χ1v) is 15.5. The molecule has 0 spiro atoms. The van der Waals surface area contributed by atoms with Gasteiger partial charge in [-0.05, 0) is 27.8 Å². The van der Waals surface area contributed by atoms with Gasteiger partial charge in [-0.15, -0.1) is 0 Å². The van der Waals surface area contributed by atoms with Crippen LogP contribution in [0, 0.1) is 0 Å². The monoisotopic (exact) mass is 614 g/mol. The normalized spacial score (nSPS) is 20.0. The summed E-state index contributed by atoms with van der Waals surface area (Å²) in [5, 5.41) is 0. The number of methoxy groups -OCH3 is 1. The van der Waals surface area contributed by atoms with Crippen LogP contribution in [0.15, 0.2) is 152 Å². The molecule has 5 aromatic rings. The number of ether oxygens (including phenoxy) is 5. The lowest BCUT2D eigenvalue weighted by atomic mass is 9.80. The lowest BCUT2D eigenvalue weighted by Crippen LogP contribution is -2.59. The van der Waals surface area contributed by atoms with Crippen molar-refractivity contribution < 1.29 is 28.5 Å². The van der Waals surface area contributed by atoms with Gasteiger partial charge in [0.25, 0.3) is 0 Å². The molecule has 6 heteroatoms. The summed E-state index contributed by atoms with van der Waals surface area (Å²) in [6.07, 6.45) is -3.58. The van der Waals surface area contributed by atoms with Crippen LogP contribution in [0.4, 0.5) is 0 Å². The average molecular weight is 615 g/mol. The molecule has 0 aliphatic carbocycles. The Bertz CT molecular complexity index is 1530. The lowest BCUT2D eigenvalue weighted by molar-refractivity contribution is -0.271. The number of carbonyl (C=O) groups excluding carboxylic acids is 1. The van der Waals surface area contributed by atoms with Crippen LogP contribution in [0.3, 0.4) is 0 Å². The molecule has 1 heterocycles. The Hall–Kier alpha value is -4.43. The van der Waals surface area contributed by atoms with Crippen molar-refractivity contribution in [2.24, 2.45) is 0 Å². The molecular formula is C40H38O6. The molecule has 46 heavy (non-hydrogen) atoms. The summed E-state index contributed by atoms with van der Waals surface area (Å²) >= 11 is 0. The van der Waals surface area contributed by atoms with Crippen molar-refractivity contribution in [3.8, 4) is 0 Å². The SMILES string of the molecule is CO[C@H]1O[C@H](COC(c2ccccc2)(c2ccccc2)c2ccccc2)C(=O)[C@H](OCc2ccccc2)[C@H]1OCc1ccccc1. The second kappa shape index (κ2) is 15.2. The molecule has 0 N–H and O–H groups in total. The third-order valence-electron chi connectivity index (χ3n) is 8.24. The molecule has 4 atom stereocenters. The van der Waals surface area contributed by atoms with E-state index in [1.807, 2.05) is 152 Å². The number of hydrogen-bond acceptors (Lipinski definition) is 6. The second-order valence-corrected chi connectivity index (χ2v) is 11.2. The van der Waals surface area contributed by atoms with Crippen molar-refractivity contribution >= 4 is 5.78 Å². The number of hydrogen-bond donors (Lipinski definition) is 0. The van der Waals surface area contributed by atoms with Crippen molar-refractivity contribution in [3.05, 3.63) is 179 Å². The minimum absolute atomic E-state index is 0.0476. The molecule has 1 aliphatic rings. The molecule has 1 aliphatic heterocycles. The van der Waals surface area contributed by atoms with E-state index in [2.05, 4.69) is 0 Å². The lowest BCUT2D eigenvalue weighted by Gasteiger charge is -2.41. The van der Waals surface area contributed by atoms with Crippen molar-refractivity contribution in [1.29, 1.82) is 0 Å². The molecular weight excluding hydrogens is 576 g/mol. The fourth-order valence-corrected chi connectivity index (χ4v) is 5.94. The zero-order chi connectivity index (χ0) is 31.6. The summed E-state index contributed by atoms with van der Waals surface area (Å²) in [7, 11) is 1.55. The van der Waals surface area contributed by atoms with E-state index in [4.69, 9.17) is 23.7 Å². The van der Waals surface area contributed by atoms with Crippen molar-refractivity contribution in [3.63, 3.8) is 0 Å². The maximum Gasteiger partial charge on any atom is 0.195 e. The summed E-state index contributed by atoms with van der Waals surface area (Å²) in [6.45, 7) is 0.454.